The van der Waals surface area contributed by atoms with Crippen molar-refractivity contribution in [2.75, 3.05) is 11.9 Å². The maximum Gasteiger partial charge on any atom is 0.246 e. The second-order valence-electron chi connectivity index (χ2n) is 8.92. The first-order chi connectivity index (χ1) is 13.4. The van der Waals surface area contributed by atoms with Crippen molar-refractivity contribution in [2.45, 2.75) is 65.5 Å². The average Bonchev–Trinajstić information content (AvgIpc) is 3.50. The number of amides is 2. The summed E-state index contributed by atoms with van der Waals surface area (Å²) in [6.45, 7) is 7.29. The molecule has 2 fully saturated rings. The van der Waals surface area contributed by atoms with Gasteiger partial charge in [-0.1, -0.05) is 39.3 Å². The molecule has 1 aromatic rings. The highest BCUT2D eigenvalue weighted by Crippen LogP contribution is 2.35. The van der Waals surface area contributed by atoms with Gasteiger partial charge < -0.3 is 15.4 Å². The Morgan fingerprint density at radius 3 is 2.68 bits per heavy atom. The molecule has 2 saturated carbocycles. The summed E-state index contributed by atoms with van der Waals surface area (Å²) in [5.74, 6) is 1.96. The lowest BCUT2D eigenvalue weighted by atomic mass is 9.75. The Hall–Kier alpha value is -1.88. The number of hydrogen-bond donors (Lipinski definition) is 2. The maximum absolute atomic E-state index is 12.3. The van der Waals surface area contributed by atoms with E-state index in [0.29, 0.717) is 24.3 Å². The Labute approximate surface area is 168 Å². The molecule has 0 spiro atoms. The molecule has 3 rings (SSSR count). The van der Waals surface area contributed by atoms with Crippen molar-refractivity contribution in [3.05, 3.63) is 29.8 Å². The van der Waals surface area contributed by atoms with Crippen molar-refractivity contribution in [2.24, 2.45) is 23.7 Å². The van der Waals surface area contributed by atoms with Crippen LogP contribution in [0.15, 0.2) is 24.3 Å². The van der Waals surface area contributed by atoms with Crippen LogP contribution in [0, 0.1) is 23.7 Å². The lowest BCUT2D eigenvalue weighted by molar-refractivity contribution is -0.131. The summed E-state index contributed by atoms with van der Waals surface area (Å²) in [5.41, 5.74) is 1.75. The van der Waals surface area contributed by atoms with Crippen molar-refractivity contribution in [3.63, 3.8) is 0 Å². The van der Waals surface area contributed by atoms with Crippen LogP contribution in [-0.4, -0.2) is 24.5 Å². The zero-order valence-electron chi connectivity index (χ0n) is 17.4. The van der Waals surface area contributed by atoms with E-state index < -0.39 is 0 Å². The topological polar surface area (TPSA) is 67.4 Å². The fraction of sp³-hybridized carbons (Fsp3) is 0.652. The second-order valence-corrected chi connectivity index (χ2v) is 8.92. The van der Waals surface area contributed by atoms with Crippen LogP contribution in [0.2, 0.25) is 0 Å². The van der Waals surface area contributed by atoms with E-state index in [9.17, 15) is 9.59 Å². The van der Waals surface area contributed by atoms with E-state index in [2.05, 4.69) is 31.4 Å². The maximum atomic E-state index is 12.3. The lowest BCUT2D eigenvalue weighted by Gasteiger charge is -2.37. The standard InChI is InChI=1S/C23H34N2O3/c1-15(2)20-10-7-16(3)11-21(20)28-14-22(26)24-13-17-5-4-6-19(12-17)25-23(27)18-8-9-18/h4-6,12,15-16,18,20-21H,7-11,13-14H2,1-3H3,(H,24,26)(H,25,27)/t16-,20+,21-/m1/s1. The van der Waals surface area contributed by atoms with E-state index in [1.165, 1.54) is 12.8 Å². The van der Waals surface area contributed by atoms with Crippen LogP contribution in [0.4, 0.5) is 5.69 Å². The number of benzene rings is 1. The minimum Gasteiger partial charge on any atom is -0.368 e. The number of anilines is 1. The zero-order valence-corrected chi connectivity index (χ0v) is 17.4. The molecule has 0 aromatic heterocycles. The summed E-state index contributed by atoms with van der Waals surface area (Å²) < 4.78 is 6.02. The van der Waals surface area contributed by atoms with Crippen LogP contribution >= 0.6 is 0 Å². The van der Waals surface area contributed by atoms with Crippen LogP contribution in [0.1, 0.15) is 58.4 Å². The van der Waals surface area contributed by atoms with Crippen molar-refractivity contribution in [1.82, 2.24) is 5.32 Å². The largest absolute Gasteiger partial charge is 0.368 e. The molecule has 28 heavy (non-hydrogen) atoms. The summed E-state index contributed by atoms with van der Waals surface area (Å²) in [4.78, 5) is 24.2. The normalized spacial score (nSPS) is 24.8. The van der Waals surface area contributed by atoms with E-state index in [4.69, 9.17) is 4.74 Å². The molecule has 5 heteroatoms. The van der Waals surface area contributed by atoms with Crippen LogP contribution in [0.5, 0.6) is 0 Å². The fourth-order valence-corrected chi connectivity index (χ4v) is 4.09. The van der Waals surface area contributed by atoms with E-state index >= 15 is 0 Å². The number of rotatable bonds is 8. The third kappa shape index (κ3) is 6.06. The average molecular weight is 387 g/mol. The van der Waals surface area contributed by atoms with Gasteiger partial charge in [-0.3, -0.25) is 9.59 Å². The summed E-state index contributed by atoms with van der Waals surface area (Å²) in [6.07, 6.45) is 5.62. The highest BCUT2D eigenvalue weighted by molar-refractivity contribution is 5.94. The minimum absolute atomic E-state index is 0.0897. The summed E-state index contributed by atoms with van der Waals surface area (Å²) in [6, 6.07) is 7.65. The summed E-state index contributed by atoms with van der Waals surface area (Å²) in [5, 5.41) is 5.88. The predicted molar refractivity (Wildman–Crippen MR) is 111 cm³/mol. The van der Waals surface area contributed by atoms with E-state index in [0.717, 1.165) is 30.5 Å². The van der Waals surface area contributed by atoms with Crippen LogP contribution in [0.25, 0.3) is 0 Å². The smallest absolute Gasteiger partial charge is 0.246 e. The lowest BCUT2D eigenvalue weighted by Crippen LogP contribution is -2.37. The Morgan fingerprint density at radius 1 is 1.18 bits per heavy atom. The zero-order chi connectivity index (χ0) is 20.1. The molecular formula is C23H34N2O3. The van der Waals surface area contributed by atoms with Crippen LogP contribution in [0.3, 0.4) is 0 Å². The first kappa shape index (κ1) is 20.8. The van der Waals surface area contributed by atoms with E-state index in [1.54, 1.807) is 0 Å². The number of ether oxygens (including phenoxy) is 1. The van der Waals surface area contributed by atoms with Gasteiger partial charge in [0.1, 0.15) is 6.61 Å². The first-order valence-corrected chi connectivity index (χ1v) is 10.7. The van der Waals surface area contributed by atoms with Crippen molar-refractivity contribution in [1.29, 1.82) is 0 Å². The first-order valence-electron chi connectivity index (χ1n) is 10.7. The van der Waals surface area contributed by atoms with Gasteiger partial charge in [0.25, 0.3) is 0 Å². The Kier molecular flexibility index (Phi) is 7.11. The number of carbonyl (C=O) groups excluding carboxylic acids is 2. The van der Waals surface area contributed by atoms with Gasteiger partial charge in [0.05, 0.1) is 6.10 Å². The van der Waals surface area contributed by atoms with Gasteiger partial charge in [-0.25, -0.2) is 0 Å². The molecule has 154 valence electrons. The van der Waals surface area contributed by atoms with Gasteiger partial charge in [0.2, 0.25) is 11.8 Å². The molecule has 2 N–H and O–H groups in total. The molecule has 0 bridgehead atoms. The minimum atomic E-state index is -0.0897. The predicted octanol–water partition coefficient (Wildman–Crippen LogP) is 4.13. The Balaban J connectivity index is 1.44. The molecule has 0 aliphatic heterocycles. The SMILES string of the molecule is CC(C)[C@@H]1CC[C@@H](C)C[C@H]1OCC(=O)NCc1cccc(NC(=O)C2CC2)c1. The van der Waals surface area contributed by atoms with Crippen LogP contribution < -0.4 is 10.6 Å². The number of carbonyl (C=O) groups is 2. The van der Waals surface area contributed by atoms with E-state index in [1.807, 2.05) is 24.3 Å². The molecule has 2 aliphatic carbocycles. The fourth-order valence-electron chi connectivity index (χ4n) is 4.09. The number of nitrogens with one attached hydrogen (secondary N) is 2. The van der Waals surface area contributed by atoms with Crippen LogP contribution in [-0.2, 0) is 20.9 Å². The van der Waals surface area contributed by atoms with Gasteiger partial charge >= 0.3 is 0 Å². The van der Waals surface area contributed by atoms with Crippen molar-refractivity contribution in [3.8, 4) is 0 Å². The van der Waals surface area contributed by atoms with Gasteiger partial charge in [-0.2, -0.15) is 0 Å². The molecular weight excluding hydrogens is 352 g/mol. The molecule has 2 aliphatic rings. The molecule has 0 saturated heterocycles. The highest BCUT2D eigenvalue weighted by Gasteiger charge is 2.32. The molecule has 2 amide bonds. The van der Waals surface area contributed by atoms with Gasteiger partial charge in [0, 0.05) is 18.2 Å². The third-order valence-electron chi connectivity index (χ3n) is 6.02. The quantitative estimate of drug-likeness (QED) is 0.706. The Bertz CT molecular complexity index is 684. The third-order valence-corrected chi connectivity index (χ3v) is 6.02. The second kappa shape index (κ2) is 9.55. The molecule has 5 nitrogen and oxygen atoms in total. The molecule has 0 unspecified atom stereocenters. The summed E-state index contributed by atoms with van der Waals surface area (Å²) >= 11 is 0. The number of hydrogen-bond acceptors (Lipinski definition) is 3. The van der Waals surface area contributed by atoms with Gasteiger partial charge in [0.15, 0.2) is 0 Å². The van der Waals surface area contributed by atoms with E-state index in [-0.39, 0.29) is 30.4 Å². The Morgan fingerprint density at radius 2 is 1.96 bits per heavy atom. The van der Waals surface area contributed by atoms with Crippen molar-refractivity contribution >= 4 is 17.5 Å². The summed E-state index contributed by atoms with van der Waals surface area (Å²) in [7, 11) is 0. The highest BCUT2D eigenvalue weighted by atomic mass is 16.5. The molecule has 3 atom stereocenters. The molecule has 0 heterocycles. The molecule has 0 radical (unpaired) electrons. The van der Waals surface area contributed by atoms with Gasteiger partial charge in [-0.15, -0.1) is 0 Å². The monoisotopic (exact) mass is 386 g/mol. The van der Waals surface area contributed by atoms with Gasteiger partial charge in [-0.05, 0) is 61.1 Å². The molecule has 1 aromatic carbocycles. The van der Waals surface area contributed by atoms with Crippen molar-refractivity contribution < 1.29 is 14.3 Å².